The second kappa shape index (κ2) is 7.05. The summed E-state index contributed by atoms with van der Waals surface area (Å²) in [6.07, 6.45) is 5.57. The molecule has 7 nitrogen and oxygen atoms in total. The molecule has 2 aliphatic rings. The Balaban J connectivity index is 1.60. The third-order valence-electron chi connectivity index (χ3n) is 5.89. The molecule has 2 fully saturated rings. The maximum atomic E-state index is 8.69. The fraction of sp³-hybridized carbons (Fsp3) is 0.476. The van der Waals surface area contributed by atoms with Crippen LogP contribution in [-0.2, 0) is 0 Å². The molecule has 1 aliphatic heterocycles. The van der Waals surface area contributed by atoms with Gasteiger partial charge < -0.3 is 21.1 Å². The van der Waals surface area contributed by atoms with E-state index >= 15 is 0 Å². The molecule has 7 heteroatoms. The minimum atomic E-state index is -0.0394. The van der Waals surface area contributed by atoms with Crippen molar-refractivity contribution < 1.29 is 4.74 Å². The SMILES string of the molecule is CCC1(Oc2ccc(N)c(C(=N)c3cc(N4CC(N)CC4C)ncn3)c2)CC1. The van der Waals surface area contributed by atoms with Crippen LogP contribution in [0.15, 0.2) is 30.6 Å². The van der Waals surface area contributed by atoms with Gasteiger partial charge in [0.05, 0.1) is 11.4 Å². The molecule has 2 heterocycles. The van der Waals surface area contributed by atoms with Crippen molar-refractivity contribution in [1.29, 1.82) is 5.41 Å². The number of hydrogen-bond acceptors (Lipinski definition) is 7. The number of nitrogens with zero attached hydrogens (tertiary/aromatic N) is 3. The van der Waals surface area contributed by atoms with E-state index in [1.807, 2.05) is 18.2 Å². The first-order valence-corrected chi connectivity index (χ1v) is 9.93. The van der Waals surface area contributed by atoms with E-state index in [1.165, 1.54) is 6.33 Å². The number of nitrogen functional groups attached to an aromatic ring is 1. The van der Waals surface area contributed by atoms with E-state index in [0.717, 1.165) is 43.8 Å². The molecule has 1 saturated carbocycles. The minimum absolute atomic E-state index is 0.0394. The van der Waals surface area contributed by atoms with Gasteiger partial charge in [-0.1, -0.05) is 6.92 Å². The molecule has 2 atom stereocenters. The van der Waals surface area contributed by atoms with E-state index in [-0.39, 0.29) is 17.4 Å². The summed E-state index contributed by atoms with van der Waals surface area (Å²) < 4.78 is 6.17. The number of ether oxygens (including phenoxy) is 1. The van der Waals surface area contributed by atoms with Gasteiger partial charge in [0.1, 0.15) is 23.5 Å². The van der Waals surface area contributed by atoms with Crippen molar-refractivity contribution in [2.75, 3.05) is 17.2 Å². The van der Waals surface area contributed by atoms with Gasteiger partial charge in [0.25, 0.3) is 0 Å². The van der Waals surface area contributed by atoms with Crippen LogP contribution in [0.3, 0.4) is 0 Å². The van der Waals surface area contributed by atoms with Gasteiger partial charge in [-0.25, -0.2) is 9.97 Å². The average Bonchev–Trinajstić information content (AvgIpc) is 3.38. The molecule has 2 unspecified atom stereocenters. The van der Waals surface area contributed by atoms with E-state index in [4.69, 9.17) is 21.6 Å². The molecule has 2 aromatic rings. The molecule has 4 rings (SSSR count). The number of nitrogens with two attached hydrogens (primary N) is 2. The molecule has 1 aromatic heterocycles. The quantitative estimate of drug-likeness (QED) is 0.524. The molecular formula is C21H28N6O. The summed E-state index contributed by atoms with van der Waals surface area (Å²) in [7, 11) is 0. The molecule has 148 valence electrons. The molecule has 1 aliphatic carbocycles. The summed E-state index contributed by atoms with van der Waals surface area (Å²) in [6.45, 7) is 5.04. The topological polar surface area (TPSA) is 114 Å². The molecule has 28 heavy (non-hydrogen) atoms. The zero-order valence-electron chi connectivity index (χ0n) is 16.5. The number of hydrogen-bond donors (Lipinski definition) is 3. The van der Waals surface area contributed by atoms with E-state index in [9.17, 15) is 0 Å². The van der Waals surface area contributed by atoms with Crippen molar-refractivity contribution >= 4 is 17.2 Å². The molecular weight excluding hydrogens is 352 g/mol. The van der Waals surface area contributed by atoms with Gasteiger partial charge in [0.15, 0.2) is 0 Å². The lowest BCUT2D eigenvalue weighted by Gasteiger charge is -2.22. The fourth-order valence-corrected chi connectivity index (χ4v) is 3.90. The molecule has 0 bridgehead atoms. The Kier molecular flexibility index (Phi) is 4.71. The van der Waals surface area contributed by atoms with Crippen molar-refractivity contribution in [3.8, 4) is 5.75 Å². The second-order valence-corrected chi connectivity index (χ2v) is 8.02. The van der Waals surface area contributed by atoms with Crippen LogP contribution in [0.2, 0.25) is 0 Å². The van der Waals surface area contributed by atoms with Gasteiger partial charge in [-0.3, -0.25) is 5.41 Å². The van der Waals surface area contributed by atoms with Crippen LogP contribution in [0.25, 0.3) is 0 Å². The molecule has 5 N–H and O–H groups in total. The van der Waals surface area contributed by atoms with Crippen molar-refractivity contribution in [1.82, 2.24) is 9.97 Å². The van der Waals surface area contributed by atoms with E-state index in [2.05, 4.69) is 28.7 Å². The highest BCUT2D eigenvalue weighted by atomic mass is 16.5. The summed E-state index contributed by atoms with van der Waals surface area (Å²) in [5.41, 5.74) is 14.2. The first-order valence-electron chi connectivity index (χ1n) is 9.93. The molecule has 0 amide bonds. The summed E-state index contributed by atoms with van der Waals surface area (Å²) in [4.78, 5) is 10.9. The van der Waals surface area contributed by atoms with Crippen LogP contribution in [0, 0.1) is 5.41 Å². The van der Waals surface area contributed by atoms with Gasteiger partial charge >= 0.3 is 0 Å². The minimum Gasteiger partial charge on any atom is -0.487 e. The van der Waals surface area contributed by atoms with Gasteiger partial charge in [-0.15, -0.1) is 0 Å². The second-order valence-electron chi connectivity index (χ2n) is 8.02. The first-order chi connectivity index (χ1) is 13.4. The lowest BCUT2D eigenvalue weighted by atomic mass is 10.0. The third kappa shape index (κ3) is 3.54. The van der Waals surface area contributed by atoms with Crippen molar-refractivity contribution in [3.63, 3.8) is 0 Å². The number of nitrogens with one attached hydrogen (secondary N) is 1. The molecule has 1 aromatic carbocycles. The van der Waals surface area contributed by atoms with E-state index in [1.54, 1.807) is 6.07 Å². The Hall–Kier alpha value is -2.67. The van der Waals surface area contributed by atoms with Gasteiger partial charge in [0.2, 0.25) is 0 Å². The van der Waals surface area contributed by atoms with Crippen LogP contribution in [0.5, 0.6) is 5.75 Å². The number of anilines is 2. The van der Waals surface area contributed by atoms with Crippen molar-refractivity contribution in [2.45, 2.75) is 57.2 Å². The Morgan fingerprint density at radius 2 is 2.11 bits per heavy atom. The lowest BCUT2D eigenvalue weighted by molar-refractivity contribution is 0.174. The van der Waals surface area contributed by atoms with Crippen LogP contribution in [-0.4, -0.2) is 39.9 Å². The summed E-state index contributed by atoms with van der Waals surface area (Å²) >= 11 is 0. The fourth-order valence-electron chi connectivity index (χ4n) is 3.90. The van der Waals surface area contributed by atoms with Crippen LogP contribution in [0.1, 0.15) is 50.8 Å². The van der Waals surface area contributed by atoms with Gasteiger partial charge in [-0.05, 0) is 50.8 Å². The standard InChI is InChI=1S/C21H28N6O/c1-3-21(6-7-21)28-15-4-5-17(23)16(9-15)20(24)18-10-19(26-12-25-18)27-11-14(22)8-13(27)2/h4-5,9-10,12-14,24H,3,6-8,11,22-23H2,1-2H3. The average molecular weight is 380 g/mol. The molecule has 1 saturated heterocycles. The van der Waals surface area contributed by atoms with Gasteiger partial charge in [0, 0.05) is 35.9 Å². The van der Waals surface area contributed by atoms with Crippen LogP contribution < -0.4 is 21.1 Å². The van der Waals surface area contributed by atoms with Crippen molar-refractivity contribution in [3.05, 3.63) is 41.9 Å². The van der Waals surface area contributed by atoms with Crippen LogP contribution in [0.4, 0.5) is 11.5 Å². The van der Waals surface area contributed by atoms with E-state index < -0.39 is 0 Å². The normalized spacial score (nSPS) is 22.9. The van der Waals surface area contributed by atoms with Gasteiger partial charge in [-0.2, -0.15) is 0 Å². The highest BCUT2D eigenvalue weighted by molar-refractivity contribution is 6.13. The number of rotatable bonds is 6. The summed E-state index contributed by atoms with van der Waals surface area (Å²) in [5.74, 6) is 1.55. The Bertz CT molecular complexity index is 894. The predicted molar refractivity (Wildman–Crippen MR) is 111 cm³/mol. The zero-order chi connectivity index (χ0) is 19.9. The van der Waals surface area contributed by atoms with Crippen molar-refractivity contribution in [2.24, 2.45) is 5.73 Å². The Morgan fingerprint density at radius 1 is 1.32 bits per heavy atom. The maximum Gasteiger partial charge on any atom is 0.132 e. The monoisotopic (exact) mass is 380 g/mol. The maximum absolute atomic E-state index is 8.69. The number of benzene rings is 1. The predicted octanol–water partition coefficient (Wildman–Crippen LogP) is 2.72. The largest absolute Gasteiger partial charge is 0.487 e. The molecule has 0 spiro atoms. The lowest BCUT2D eigenvalue weighted by Crippen LogP contribution is -2.30. The Morgan fingerprint density at radius 3 is 2.75 bits per heavy atom. The first kappa shape index (κ1) is 18.7. The molecule has 0 radical (unpaired) electrons. The van der Waals surface area contributed by atoms with Crippen LogP contribution >= 0.6 is 0 Å². The summed E-state index contributed by atoms with van der Waals surface area (Å²) in [5, 5.41) is 8.69. The highest BCUT2D eigenvalue weighted by Crippen LogP contribution is 2.43. The Labute approximate surface area is 165 Å². The zero-order valence-corrected chi connectivity index (χ0v) is 16.5. The number of aromatic nitrogens is 2. The summed E-state index contributed by atoms with van der Waals surface area (Å²) in [6, 6.07) is 7.83. The van der Waals surface area contributed by atoms with E-state index in [0.29, 0.717) is 23.0 Å². The third-order valence-corrected chi connectivity index (χ3v) is 5.89. The smallest absolute Gasteiger partial charge is 0.132 e. The highest BCUT2D eigenvalue weighted by Gasteiger charge is 2.43.